The molecule has 4 heterocycles. The molecule has 0 bridgehead atoms. The number of carbonyl (C=O) groups excluding carboxylic acids is 1. The molecule has 1 amide bonds. The second-order valence-electron chi connectivity index (χ2n) is 8.61. The summed E-state index contributed by atoms with van der Waals surface area (Å²) in [6.45, 7) is 3.40. The van der Waals surface area contributed by atoms with Gasteiger partial charge in [0.1, 0.15) is 12.0 Å². The number of likely N-dealkylation sites (N-methyl/N-ethyl adjacent to an activating group) is 1. The molecule has 1 fully saturated rings. The first-order chi connectivity index (χ1) is 17.6. The summed E-state index contributed by atoms with van der Waals surface area (Å²) in [6, 6.07) is 16.3. The van der Waals surface area contributed by atoms with E-state index in [0.29, 0.717) is 11.3 Å². The molecule has 4 aromatic rings. The second-order valence-corrected chi connectivity index (χ2v) is 8.61. The third-order valence-electron chi connectivity index (χ3n) is 6.03. The lowest BCUT2D eigenvalue weighted by Crippen LogP contribution is -2.34. The Labute approximate surface area is 210 Å². The highest BCUT2D eigenvalue weighted by molar-refractivity contribution is 6.02. The maximum Gasteiger partial charge on any atom is 0.490 e. The van der Waals surface area contributed by atoms with E-state index in [1.165, 1.54) is 6.39 Å². The minimum Gasteiger partial charge on any atom is -0.475 e. The Kier molecular flexibility index (Phi) is 7.63. The van der Waals surface area contributed by atoms with Crippen LogP contribution in [0.3, 0.4) is 0 Å². The molecule has 11 heteroatoms. The fourth-order valence-electron chi connectivity index (χ4n) is 4.14. The van der Waals surface area contributed by atoms with E-state index in [1.807, 2.05) is 29.2 Å². The summed E-state index contributed by atoms with van der Waals surface area (Å²) >= 11 is 0. The van der Waals surface area contributed by atoms with Crippen molar-refractivity contribution in [3.63, 3.8) is 0 Å². The van der Waals surface area contributed by atoms with Gasteiger partial charge in [-0.1, -0.05) is 36.4 Å². The third kappa shape index (κ3) is 6.00. The average molecular weight is 515 g/mol. The molecule has 0 radical (unpaired) electrons. The van der Waals surface area contributed by atoms with Crippen molar-refractivity contribution < 1.29 is 32.3 Å². The molecule has 1 N–H and O–H groups in total. The zero-order valence-electron chi connectivity index (χ0n) is 20.0. The SMILES string of the molecule is CN1CCCN(C(=O)c2cc3ccc(-c4ccccc4)cn3c2-c2cocn2)CC1.O=C(O)C(F)(F)F. The molecule has 3 aromatic heterocycles. The molecule has 0 spiro atoms. The topological polar surface area (TPSA) is 91.3 Å². The number of fused-ring (bicyclic) bond motifs is 1. The van der Waals surface area contributed by atoms with Crippen molar-refractivity contribution in [1.82, 2.24) is 19.2 Å². The highest BCUT2D eigenvalue weighted by atomic mass is 19.4. The van der Waals surface area contributed by atoms with Gasteiger partial charge in [-0.2, -0.15) is 13.2 Å². The number of halogens is 3. The maximum absolute atomic E-state index is 13.5. The quantitative estimate of drug-likeness (QED) is 0.427. The lowest BCUT2D eigenvalue weighted by atomic mass is 10.1. The van der Waals surface area contributed by atoms with Gasteiger partial charge in [0.15, 0.2) is 6.39 Å². The van der Waals surface area contributed by atoms with Crippen molar-refractivity contribution in [3.8, 4) is 22.5 Å². The van der Waals surface area contributed by atoms with Crippen LogP contribution in [0.25, 0.3) is 28.0 Å². The lowest BCUT2D eigenvalue weighted by molar-refractivity contribution is -0.192. The van der Waals surface area contributed by atoms with Crippen molar-refractivity contribution >= 4 is 17.4 Å². The standard InChI is InChI=1S/C24H24N4O2.C2HF3O2/c1-26-10-5-11-27(13-12-26)24(29)21-14-20-9-8-19(18-6-3-2-4-7-18)15-28(20)23(21)22-16-30-17-25-22;3-2(4,5)1(6)7/h2-4,6-9,14-17H,5,10-13H2,1H3;(H,6,7). The van der Waals surface area contributed by atoms with Gasteiger partial charge in [0.25, 0.3) is 5.91 Å². The monoisotopic (exact) mass is 514 g/mol. The van der Waals surface area contributed by atoms with Crippen LogP contribution in [-0.2, 0) is 4.79 Å². The number of aromatic nitrogens is 2. The summed E-state index contributed by atoms with van der Waals surface area (Å²) in [6.07, 6.45) is 0.976. The number of hydrogen-bond acceptors (Lipinski definition) is 5. The van der Waals surface area contributed by atoms with Crippen LogP contribution in [0.2, 0.25) is 0 Å². The molecule has 5 rings (SSSR count). The number of carboxylic acids is 1. The van der Waals surface area contributed by atoms with Gasteiger partial charge in [-0.15, -0.1) is 0 Å². The first-order valence-corrected chi connectivity index (χ1v) is 11.5. The van der Waals surface area contributed by atoms with Crippen molar-refractivity contribution in [1.29, 1.82) is 0 Å². The van der Waals surface area contributed by atoms with Crippen LogP contribution in [0.5, 0.6) is 0 Å². The smallest absolute Gasteiger partial charge is 0.475 e. The molecule has 0 unspecified atom stereocenters. The number of carboxylic acid groups (broad SMARTS) is 1. The average Bonchev–Trinajstić information content (AvgIpc) is 3.47. The summed E-state index contributed by atoms with van der Waals surface area (Å²) in [5, 5.41) is 7.12. The zero-order valence-corrected chi connectivity index (χ0v) is 20.0. The fraction of sp³-hybridized carbons (Fsp3) is 0.269. The lowest BCUT2D eigenvalue weighted by Gasteiger charge is -2.20. The highest BCUT2D eigenvalue weighted by Crippen LogP contribution is 2.30. The van der Waals surface area contributed by atoms with Crippen LogP contribution in [0.4, 0.5) is 13.2 Å². The molecule has 1 aliphatic heterocycles. The normalized spacial score (nSPS) is 14.6. The van der Waals surface area contributed by atoms with E-state index in [-0.39, 0.29) is 5.91 Å². The van der Waals surface area contributed by atoms with E-state index in [9.17, 15) is 18.0 Å². The Morgan fingerprint density at radius 1 is 1.00 bits per heavy atom. The Morgan fingerprint density at radius 3 is 2.38 bits per heavy atom. The molecule has 1 aromatic carbocycles. The number of aliphatic carboxylic acids is 1. The highest BCUT2D eigenvalue weighted by Gasteiger charge is 2.38. The zero-order chi connectivity index (χ0) is 26.6. The van der Waals surface area contributed by atoms with Crippen LogP contribution in [0.1, 0.15) is 16.8 Å². The van der Waals surface area contributed by atoms with Gasteiger partial charge in [-0.05, 0) is 43.3 Å². The first-order valence-electron chi connectivity index (χ1n) is 11.5. The largest absolute Gasteiger partial charge is 0.490 e. The molecule has 1 aliphatic rings. The van der Waals surface area contributed by atoms with E-state index in [2.05, 4.69) is 51.8 Å². The van der Waals surface area contributed by atoms with E-state index in [1.54, 1.807) is 6.26 Å². The summed E-state index contributed by atoms with van der Waals surface area (Å²) in [5.74, 6) is -2.71. The predicted molar refractivity (Wildman–Crippen MR) is 130 cm³/mol. The summed E-state index contributed by atoms with van der Waals surface area (Å²) in [5.41, 5.74) is 5.28. The summed E-state index contributed by atoms with van der Waals surface area (Å²) < 4.78 is 39.0. The number of hydrogen-bond donors (Lipinski definition) is 1. The molecular weight excluding hydrogens is 489 g/mol. The third-order valence-corrected chi connectivity index (χ3v) is 6.03. The summed E-state index contributed by atoms with van der Waals surface area (Å²) in [4.78, 5) is 31.0. The number of nitrogens with zero attached hydrogens (tertiary/aromatic N) is 4. The maximum atomic E-state index is 13.5. The molecular formula is C26H25F3N4O4. The molecule has 37 heavy (non-hydrogen) atoms. The van der Waals surface area contributed by atoms with E-state index >= 15 is 0 Å². The number of benzene rings is 1. The van der Waals surface area contributed by atoms with Crippen LogP contribution < -0.4 is 0 Å². The van der Waals surface area contributed by atoms with Crippen molar-refractivity contribution in [3.05, 3.63) is 72.9 Å². The number of alkyl halides is 3. The van der Waals surface area contributed by atoms with Crippen molar-refractivity contribution in [2.75, 3.05) is 33.2 Å². The molecule has 1 saturated heterocycles. The van der Waals surface area contributed by atoms with Gasteiger partial charge >= 0.3 is 12.1 Å². The number of carbonyl (C=O) groups is 2. The van der Waals surface area contributed by atoms with Crippen molar-refractivity contribution in [2.45, 2.75) is 12.6 Å². The van der Waals surface area contributed by atoms with Crippen molar-refractivity contribution in [2.24, 2.45) is 0 Å². The number of oxazole rings is 1. The molecule has 0 atom stereocenters. The van der Waals surface area contributed by atoms with E-state index in [0.717, 1.165) is 54.9 Å². The number of pyridine rings is 1. The summed E-state index contributed by atoms with van der Waals surface area (Å²) in [7, 11) is 2.10. The number of amides is 1. The second kappa shape index (κ2) is 10.9. The van der Waals surface area contributed by atoms with Crippen LogP contribution in [-0.4, -0.2) is 75.6 Å². The van der Waals surface area contributed by atoms with Gasteiger partial charge in [-0.25, -0.2) is 9.78 Å². The van der Waals surface area contributed by atoms with Crippen LogP contribution >= 0.6 is 0 Å². The van der Waals surface area contributed by atoms with E-state index in [4.69, 9.17) is 14.3 Å². The van der Waals surface area contributed by atoms with Gasteiger partial charge in [0.05, 0.1) is 11.3 Å². The number of rotatable bonds is 3. The van der Waals surface area contributed by atoms with E-state index < -0.39 is 12.1 Å². The minimum atomic E-state index is -5.08. The molecule has 0 aliphatic carbocycles. The first kappa shape index (κ1) is 26.0. The van der Waals surface area contributed by atoms with Crippen LogP contribution in [0.15, 0.2) is 71.8 Å². The Balaban J connectivity index is 0.000000405. The van der Waals surface area contributed by atoms with Gasteiger partial charge in [0, 0.05) is 31.3 Å². The Morgan fingerprint density at radius 2 is 1.73 bits per heavy atom. The van der Waals surface area contributed by atoms with Gasteiger partial charge < -0.3 is 23.7 Å². The molecule has 8 nitrogen and oxygen atoms in total. The van der Waals surface area contributed by atoms with Gasteiger partial charge in [0.2, 0.25) is 0 Å². The Bertz CT molecular complexity index is 1370. The molecule has 194 valence electrons. The fourth-order valence-corrected chi connectivity index (χ4v) is 4.14. The Hall–Kier alpha value is -4.12. The predicted octanol–water partition coefficient (Wildman–Crippen LogP) is 4.67. The van der Waals surface area contributed by atoms with Gasteiger partial charge in [-0.3, -0.25) is 4.79 Å². The molecule has 0 saturated carbocycles. The van der Waals surface area contributed by atoms with Crippen LogP contribution in [0, 0.1) is 0 Å². The minimum absolute atomic E-state index is 0.0493.